The van der Waals surface area contributed by atoms with Crippen LogP contribution in [0.25, 0.3) is 0 Å². The summed E-state index contributed by atoms with van der Waals surface area (Å²) in [5.41, 5.74) is 1.02. The van der Waals surface area contributed by atoms with Gasteiger partial charge in [-0.3, -0.25) is 4.79 Å². The van der Waals surface area contributed by atoms with E-state index in [0.29, 0.717) is 24.5 Å². The highest BCUT2D eigenvalue weighted by Crippen LogP contribution is 2.43. The summed E-state index contributed by atoms with van der Waals surface area (Å²) in [6, 6.07) is 5.85. The number of carbonyl (C=O) groups is 1. The molecule has 0 bridgehead atoms. The van der Waals surface area contributed by atoms with Crippen molar-refractivity contribution in [2.24, 2.45) is 5.92 Å². The van der Waals surface area contributed by atoms with E-state index in [4.69, 9.17) is 18.9 Å². The Morgan fingerprint density at radius 2 is 2.11 bits per heavy atom. The first-order chi connectivity index (χ1) is 13.2. The van der Waals surface area contributed by atoms with Crippen LogP contribution in [-0.2, 0) is 14.3 Å². The van der Waals surface area contributed by atoms with Gasteiger partial charge in [0.05, 0.1) is 0 Å². The quantitative estimate of drug-likeness (QED) is 0.735. The number of carbonyl (C=O) groups excluding carboxylic acids is 1. The molecule has 1 fully saturated rings. The van der Waals surface area contributed by atoms with Crippen molar-refractivity contribution in [2.75, 3.05) is 33.1 Å². The van der Waals surface area contributed by atoms with Gasteiger partial charge in [-0.1, -0.05) is 6.07 Å². The second-order valence-electron chi connectivity index (χ2n) is 6.93. The first-order valence-corrected chi connectivity index (χ1v) is 9.51. The fourth-order valence-corrected chi connectivity index (χ4v) is 3.67. The maximum Gasteiger partial charge on any atom is 0.288 e. The number of aliphatic hydroxyl groups excluding tert-OH is 1. The average molecular weight is 375 g/mol. The summed E-state index contributed by atoms with van der Waals surface area (Å²) in [6.45, 7) is 4.25. The van der Waals surface area contributed by atoms with Gasteiger partial charge in [0.25, 0.3) is 5.91 Å². The van der Waals surface area contributed by atoms with Crippen LogP contribution in [0.3, 0.4) is 0 Å². The lowest BCUT2D eigenvalue weighted by Gasteiger charge is -2.37. The Hall–Kier alpha value is -2.25. The van der Waals surface area contributed by atoms with Crippen LogP contribution in [0.1, 0.15) is 31.2 Å². The summed E-state index contributed by atoms with van der Waals surface area (Å²) in [6.07, 6.45) is 2.74. The van der Waals surface area contributed by atoms with Gasteiger partial charge in [0.1, 0.15) is 0 Å². The SMILES string of the molecule is CCO[C@@H]1OC(C(=O)N2CC2)=C[C@H](c2ccc3c(c2)OCO3)[C@@H]1CCCO. The average Bonchev–Trinajstić information content (AvgIpc) is 3.43. The molecule has 0 spiro atoms. The van der Waals surface area contributed by atoms with E-state index in [1.165, 1.54) is 0 Å². The molecule has 0 saturated carbocycles. The second kappa shape index (κ2) is 7.78. The molecule has 3 heterocycles. The van der Waals surface area contributed by atoms with Crippen molar-refractivity contribution in [3.05, 3.63) is 35.6 Å². The van der Waals surface area contributed by atoms with Crippen LogP contribution in [0.15, 0.2) is 30.0 Å². The van der Waals surface area contributed by atoms with Crippen molar-refractivity contribution in [2.45, 2.75) is 32.0 Å². The Kier molecular flexibility index (Phi) is 5.22. The first kappa shape index (κ1) is 18.1. The molecular weight excluding hydrogens is 350 g/mol. The van der Waals surface area contributed by atoms with Gasteiger partial charge in [-0.05, 0) is 43.5 Å². The van der Waals surface area contributed by atoms with E-state index in [1.807, 2.05) is 31.2 Å². The standard InChI is InChI=1S/C20H25NO6/c1-2-24-20-14(4-3-9-22)15(11-18(27-20)19(23)21-7-8-21)13-5-6-16-17(10-13)26-12-25-16/h5-6,10-11,14-15,20,22H,2-4,7-9,12H2,1H3/t14-,15+,20+/m0/s1. The van der Waals surface area contributed by atoms with Crippen molar-refractivity contribution in [3.63, 3.8) is 0 Å². The van der Waals surface area contributed by atoms with Gasteiger partial charge in [-0.15, -0.1) is 0 Å². The number of aliphatic hydroxyl groups is 1. The fraction of sp³-hybridized carbons (Fsp3) is 0.550. The third-order valence-corrected chi connectivity index (χ3v) is 5.14. The van der Waals surface area contributed by atoms with Gasteiger partial charge in [0.15, 0.2) is 17.3 Å². The van der Waals surface area contributed by atoms with Crippen LogP contribution >= 0.6 is 0 Å². The first-order valence-electron chi connectivity index (χ1n) is 9.51. The molecule has 27 heavy (non-hydrogen) atoms. The topological polar surface area (TPSA) is 77.2 Å². The number of fused-ring (bicyclic) bond motifs is 1. The van der Waals surface area contributed by atoms with E-state index in [2.05, 4.69) is 0 Å². The third kappa shape index (κ3) is 3.75. The van der Waals surface area contributed by atoms with Crippen molar-refractivity contribution >= 4 is 5.91 Å². The molecule has 146 valence electrons. The summed E-state index contributed by atoms with van der Waals surface area (Å²) < 4.78 is 22.7. The molecule has 0 radical (unpaired) electrons. The molecule has 1 amide bonds. The highest BCUT2D eigenvalue weighted by Gasteiger charge is 2.40. The molecule has 0 aromatic heterocycles. The molecule has 3 aliphatic rings. The number of amides is 1. The molecule has 1 aromatic carbocycles. The molecule has 1 aromatic rings. The van der Waals surface area contributed by atoms with Crippen molar-refractivity contribution in [3.8, 4) is 11.5 Å². The molecule has 1 N–H and O–H groups in total. The maximum absolute atomic E-state index is 12.6. The third-order valence-electron chi connectivity index (χ3n) is 5.14. The number of ether oxygens (including phenoxy) is 4. The normalized spacial score (nSPS) is 25.8. The lowest BCUT2D eigenvalue weighted by atomic mass is 9.80. The summed E-state index contributed by atoms with van der Waals surface area (Å²) >= 11 is 0. The number of hydrogen-bond acceptors (Lipinski definition) is 6. The molecule has 1 saturated heterocycles. The molecule has 3 atom stereocenters. The highest BCUT2D eigenvalue weighted by atomic mass is 16.7. The fourth-order valence-electron chi connectivity index (χ4n) is 3.67. The molecule has 7 heteroatoms. The zero-order valence-corrected chi connectivity index (χ0v) is 15.4. The molecular formula is C20H25NO6. The van der Waals surface area contributed by atoms with Crippen LogP contribution in [0.5, 0.6) is 11.5 Å². The second-order valence-corrected chi connectivity index (χ2v) is 6.93. The van der Waals surface area contributed by atoms with Gasteiger partial charge < -0.3 is 29.0 Å². The van der Waals surface area contributed by atoms with E-state index >= 15 is 0 Å². The number of allylic oxidation sites excluding steroid dienone is 1. The zero-order valence-electron chi connectivity index (χ0n) is 15.4. The Morgan fingerprint density at radius 1 is 1.30 bits per heavy atom. The molecule has 0 aliphatic carbocycles. The zero-order chi connectivity index (χ0) is 18.8. The minimum Gasteiger partial charge on any atom is -0.459 e. The summed E-state index contributed by atoms with van der Waals surface area (Å²) in [4.78, 5) is 14.3. The smallest absolute Gasteiger partial charge is 0.288 e. The van der Waals surface area contributed by atoms with Crippen molar-refractivity contribution in [1.82, 2.24) is 4.90 Å². The summed E-state index contributed by atoms with van der Waals surface area (Å²) in [5, 5.41) is 9.32. The monoisotopic (exact) mass is 375 g/mol. The van der Waals surface area contributed by atoms with Crippen LogP contribution in [0.2, 0.25) is 0 Å². The Labute approximate surface area is 158 Å². The van der Waals surface area contributed by atoms with E-state index in [-0.39, 0.29) is 31.1 Å². The lowest BCUT2D eigenvalue weighted by molar-refractivity contribution is -0.168. The Morgan fingerprint density at radius 3 is 2.85 bits per heavy atom. The molecule has 4 rings (SSSR count). The maximum atomic E-state index is 12.6. The van der Waals surface area contributed by atoms with Gasteiger partial charge in [0, 0.05) is 38.1 Å². The molecule has 7 nitrogen and oxygen atoms in total. The minimum atomic E-state index is -0.527. The van der Waals surface area contributed by atoms with Crippen molar-refractivity contribution in [1.29, 1.82) is 0 Å². The number of hydrogen-bond donors (Lipinski definition) is 1. The van der Waals surface area contributed by atoms with Crippen LogP contribution in [0.4, 0.5) is 0 Å². The predicted molar refractivity (Wildman–Crippen MR) is 96.3 cm³/mol. The van der Waals surface area contributed by atoms with Gasteiger partial charge in [-0.25, -0.2) is 0 Å². The van der Waals surface area contributed by atoms with E-state index in [0.717, 1.165) is 30.8 Å². The Bertz CT molecular complexity index is 729. The van der Waals surface area contributed by atoms with Crippen LogP contribution in [-0.4, -0.2) is 55.3 Å². The van der Waals surface area contributed by atoms with Gasteiger partial charge in [-0.2, -0.15) is 0 Å². The highest BCUT2D eigenvalue weighted by molar-refractivity contribution is 5.93. The van der Waals surface area contributed by atoms with Crippen LogP contribution in [0, 0.1) is 5.92 Å². The Balaban J connectivity index is 1.69. The largest absolute Gasteiger partial charge is 0.459 e. The lowest BCUT2D eigenvalue weighted by Crippen LogP contribution is -2.37. The van der Waals surface area contributed by atoms with E-state index < -0.39 is 6.29 Å². The van der Waals surface area contributed by atoms with E-state index in [9.17, 15) is 9.90 Å². The minimum absolute atomic E-state index is 0.0109. The van der Waals surface area contributed by atoms with Gasteiger partial charge >= 0.3 is 0 Å². The van der Waals surface area contributed by atoms with E-state index in [1.54, 1.807) is 4.90 Å². The molecule has 3 aliphatic heterocycles. The van der Waals surface area contributed by atoms with Crippen molar-refractivity contribution < 1.29 is 28.8 Å². The summed E-state index contributed by atoms with van der Waals surface area (Å²) in [5.74, 6) is 1.60. The van der Waals surface area contributed by atoms with Crippen LogP contribution < -0.4 is 9.47 Å². The number of rotatable bonds is 7. The number of nitrogens with zero attached hydrogens (tertiary/aromatic N) is 1. The van der Waals surface area contributed by atoms with Gasteiger partial charge in [0.2, 0.25) is 13.1 Å². The number of benzene rings is 1. The predicted octanol–water partition coefficient (Wildman–Crippen LogP) is 2.01. The summed E-state index contributed by atoms with van der Waals surface area (Å²) in [7, 11) is 0. The molecule has 0 unspecified atom stereocenters.